The molecule has 0 bridgehead atoms. The molecule has 3 heterocycles. The van der Waals surface area contributed by atoms with Crippen LogP contribution in [0.1, 0.15) is 26.7 Å². The van der Waals surface area contributed by atoms with Crippen molar-refractivity contribution in [2.45, 2.75) is 39.8 Å². The lowest BCUT2D eigenvalue weighted by Gasteiger charge is -2.10. The van der Waals surface area contributed by atoms with Gasteiger partial charge in [-0.3, -0.25) is 18.6 Å². The summed E-state index contributed by atoms with van der Waals surface area (Å²) in [5.41, 5.74) is 1.41. The van der Waals surface area contributed by atoms with Gasteiger partial charge in [0, 0.05) is 26.2 Å². The Morgan fingerprint density at radius 1 is 1.18 bits per heavy atom. The summed E-state index contributed by atoms with van der Waals surface area (Å²) in [7, 11) is 1.68. The predicted molar refractivity (Wildman–Crippen MR) is 103 cm³/mol. The van der Waals surface area contributed by atoms with E-state index in [2.05, 4.69) is 10.1 Å². The van der Waals surface area contributed by atoms with E-state index in [0.29, 0.717) is 41.9 Å². The molecular weight excluding hydrogens is 366 g/mol. The second-order valence-corrected chi connectivity index (χ2v) is 6.51. The Balaban J connectivity index is 2.16. The molecule has 0 aliphatic heterocycles. The molecular formula is C18H23N5O5. The lowest BCUT2D eigenvalue weighted by molar-refractivity contribution is -0.139. The lowest BCUT2D eigenvalue weighted by atomic mass is 10.3. The summed E-state index contributed by atoms with van der Waals surface area (Å²) in [6, 6.07) is 3.32. The number of carbonyl (C=O) groups is 1. The van der Waals surface area contributed by atoms with Crippen molar-refractivity contribution in [3.8, 4) is 17.3 Å². The fourth-order valence-corrected chi connectivity index (χ4v) is 3.19. The first-order valence-corrected chi connectivity index (χ1v) is 9.12. The van der Waals surface area contributed by atoms with Crippen molar-refractivity contribution >= 4 is 17.0 Å². The number of aliphatic carboxylic acids is 1. The van der Waals surface area contributed by atoms with E-state index in [1.165, 1.54) is 9.25 Å². The molecule has 0 aliphatic carbocycles. The number of nitrogens with one attached hydrogen (secondary N) is 1. The van der Waals surface area contributed by atoms with Gasteiger partial charge in [-0.25, -0.2) is 9.59 Å². The number of rotatable bonds is 8. The van der Waals surface area contributed by atoms with E-state index in [0.717, 1.165) is 6.42 Å². The maximum atomic E-state index is 12.8. The number of hydrogen-bond donors (Lipinski definition) is 2. The average molecular weight is 389 g/mol. The zero-order valence-corrected chi connectivity index (χ0v) is 16.1. The maximum Gasteiger partial charge on any atom is 0.341 e. The van der Waals surface area contributed by atoms with Crippen LogP contribution in [0.15, 0.2) is 21.7 Å². The van der Waals surface area contributed by atoms with E-state index in [1.54, 1.807) is 23.7 Å². The maximum absolute atomic E-state index is 12.8. The third-order valence-electron chi connectivity index (χ3n) is 4.38. The van der Waals surface area contributed by atoms with Gasteiger partial charge in [-0.1, -0.05) is 13.8 Å². The summed E-state index contributed by atoms with van der Waals surface area (Å²) in [5.74, 6) is -0.939. The molecule has 3 aromatic rings. The smallest absolute Gasteiger partial charge is 0.341 e. The van der Waals surface area contributed by atoms with Gasteiger partial charge in [0.05, 0.1) is 16.9 Å². The molecule has 2 N–H and O–H groups in total. The van der Waals surface area contributed by atoms with Gasteiger partial charge >= 0.3 is 11.7 Å². The molecule has 0 aromatic carbocycles. The van der Waals surface area contributed by atoms with Crippen LogP contribution < -0.4 is 16.0 Å². The Bertz CT molecular complexity index is 1130. The summed E-state index contributed by atoms with van der Waals surface area (Å²) < 4.78 is 9.49. The molecule has 3 rings (SSSR count). The number of ether oxygens (including phenoxy) is 1. The van der Waals surface area contributed by atoms with Crippen molar-refractivity contribution in [1.82, 2.24) is 23.9 Å². The molecule has 150 valence electrons. The van der Waals surface area contributed by atoms with E-state index in [-0.39, 0.29) is 17.1 Å². The molecule has 0 fully saturated rings. The third-order valence-corrected chi connectivity index (χ3v) is 4.38. The van der Waals surface area contributed by atoms with E-state index in [1.807, 2.05) is 13.8 Å². The van der Waals surface area contributed by atoms with Crippen LogP contribution in [-0.2, 0) is 24.9 Å². The first kappa shape index (κ1) is 19.5. The predicted octanol–water partition coefficient (Wildman–Crippen LogP) is 1.18. The Labute approximate surface area is 160 Å². The van der Waals surface area contributed by atoms with E-state index < -0.39 is 12.6 Å². The molecule has 0 atom stereocenters. The number of fused-ring (bicyclic) bond motifs is 1. The van der Waals surface area contributed by atoms with Gasteiger partial charge in [-0.15, -0.1) is 5.10 Å². The highest BCUT2D eigenvalue weighted by Gasteiger charge is 2.18. The van der Waals surface area contributed by atoms with Gasteiger partial charge in [0.15, 0.2) is 6.61 Å². The number of H-pyrrole nitrogens is 1. The van der Waals surface area contributed by atoms with Gasteiger partial charge in [0.25, 0.3) is 5.56 Å². The fraction of sp³-hybridized carbons (Fsp3) is 0.444. The second-order valence-electron chi connectivity index (χ2n) is 6.51. The van der Waals surface area contributed by atoms with Crippen LogP contribution in [-0.4, -0.2) is 41.6 Å². The standard InChI is InChI=1S/C18H23N5O5/c1-4-6-22-13-8-11(12-9-14(20-21(12)3)28-10-15(24)25)19-16(13)17(26)23(7-5-2)18(22)27/h8-9,19H,4-7,10H2,1-3H3,(H,24,25). The minimum absolute atomic E-state index is 0.160. The highest BCUT2D eigenvalue weighted by atomic mass is 16.5. The van der Waals surface area contributed by atoms with Crippen LogP contribution >= 0.6 is 0 Å². The molecule has 0 radical (unpaired) electrons. The molecule has 10 heteroatoms. The van der Waals surface area contributed by atoms with Crippen molar-refractivity contribution in [1.29, 1.82) is 0 Å². The van der Waals surface area contributed by atoms with E-state index in [4.69, 9.17) is 9.84 Å². The zero-order chi connectivity index (χ0) is 20.4. The topological polar surface area (TPSA) is 124 Å². The highest BCUT2D eigenvalue weighted by Crippen LogP contribution is 2.25. The first-order valence-electron chi connectivity index (χ1n) is 9.12. The monoisotopic (exact) mass is 389 g/mol. The van der Waals surface area contributed by atoms with Gasteiger partial charge in [-0.2, -0.15) is 0 Å². The Morgan fingerprint density at radius 2 is 1.86 bits per heavy atom. The molecule has 3 aromatic heterocycles. The van der Waals surface area contributed by atoms with Gasteiger partial charge in [0.1, 0.15) is 5.52 Å². The SMILES string of the molecule is CCCn1c(=O)c2[nH]c(-c3cc(OCC(=O)O)nn3C)cc2n(CCC)c1=O. The van der Waals surface area contributed by atoms with Crippen LogP contribution in [0.3, 0.4) is 0 Å². The number of hydrogen-bond acceptors (Lipinski definition) is 5. The van der Waals surface area contributed by atoms with Crippen molar-refractivity contribution in [2.24, 2.45) is 7.05 Å². The Morgan fingerprint density at radius 3 is 2.50 bits per heavy atom. The number of nitrogens with zero attached hydrogens (tertiary/aromatic N) is 4. The average Bonchev–Trinajstić information content (AvgIpc) is 3.24. The molecule has 0 amide bonds. The minimum Gasteiger partial charge on any atom is -0.479 e. The number of aryl methyl sites for hydroxylation is 2. The van der Waals surface area contributed by atoms with Gasteiger partial charge in [-0.05, 0) is 18.9 Å². The summed E-state index contributed by atoms with van der Waals surface area (Å²) in [4.78, 5) is 39.4. The first-order chi connectivity index (χ1) is 13.4. The molecule has 0 aliphatic rings. The van der Waals surface area contributed by atoms with Crippen LogP contribution in [0.25, 0.3) is 22.4 Å². The van der Waals surface area contributed by atoms with Crippen LogP contribution in [0.4, 0.5) is 0 Å². The number of carboxylic acid groups (broad SMARTS) is 1. The zero-order valence-electron chi connectivity index (χ0n) is 16.1. The van der Waals surface area contributed by atoms with Crippen molar-refractivity contribution in [3.63, 3.8) is 0 Å². The largest absolute Gasteiger partial charge is 0.479 e. The number of aromatic amines is 1. The van der Waals surface area contributed by atoms with Crippen LogP contribution in [0.2, 0.25) is 0 Å². The molecule has 0 saturated carbocycles. The molecule has 0 unspecified atom stereocenters. The van der Waals surface area contributed by atoms with Gasteiger partial charge < -0.3 is 14.8 Å². The van der Waals surface area contributed by atoms with Crippen LogP contribution in [0, 0.1) is 0 Å². The van der Waals surface area contributed by atoms with Gasteiger partial charge in [0.2, 0.25) is 5.88 Å². The minimum atomic E-state index is -1.10. The molecule has 10 nitrogen and oxygen atoms in total. The summed E-state index contributed by atoms with van der Waals surface area (Å²) in [6.07, 6.45) is 1.42. The van der Waals surface area contributed by atoms with Crippen molar-refractivity contribution in [2.75, 3.05) is 6.61 Å². The summed E-state index contributed by atoms with van der Waals surface area (Å²) in [6.45, 7) is 4.23. The van der Waals surface area contributed by atoms with E-state index in [9.17, 15) is 14.4 Å². The van der Waals surface area contributed by atoms with Crippen molar-refractivity contribution in [3.05, 3.63) is 33.0 Å². The number of carboxylic acids is 1. The van der Waals surface area contributed by atoms with E-state index >= 15 is 0 Å². The molecule has 0 spiro atoms. The van der Waals surface area contributed by atoms with Crippen molar-refractivity contribution < 1.29 is 14.6 Å². The van der Waals surface area contributed by atoms with Crippen LogP contribution in [0.5, 0.6) is 5.88 Å². The molecule has 0 saturated heterocycles. The fourth-order valence-electron chi connectivity index (χ4n) is 3.19. The second kappa shape index (κ2) is 7.75. The summed E-state index contributed by atoms with van der Waals surface area (Å²) >= 11 is 0. The number of aromatic nitrogens is 5. The quantitative estimate of drug-likeness (QED) is 0.596. The summed E-state index contributed by atoms with van der Waals surface area (Å²) in [5, 5.41) is 12.9. The molecule has 28 heavy (non-hydrogen) atoms. The normalized spacial score (nSPS) is 11.2. The third kappa shape index (κ3) is 3.45. The highest BCUT2D eigenvalue weighted by molar-refractivity contribution is 5.81. The Kier molecular flexibility index (Phi) is 5.39. The Hall–Kier alpha value is -3.30. The lowest BCUT2D eigenvalue weighted by Crippen LogP contribution is -2.39.